The second kappa shape index (κ2) is 6.56. The molecule has 5 nitrogen and oxygen atoms in total. The summed E-state index contributed by atoms with van der Waals surface area (Å²) in [7, 11) is -3.50. The Kier molecular flexibility index (Phi) is 5.01. The third-order valence-corrected chi connectivity index (χ3v) is 5.01. The minimum Gasteiger partial charge on any atom is -0.386 e. The third-order valence-electron chi connectivity index (χ3n) is 3.21. The van der Waals surface area contributed by atoms with Gasteiger partial charge in [0.15, 0.2) is 0 Å². The summed E-state index contributed by atoms with van der Waals surface area (Å²) >= 11 is 5.56. The summed E-state index contributed by atoms with van der Waals surface area (Å²) in [6.45, 7) is 0. The molecule has 0 unspecified atom stereocenters. The van der Waals surface area contributed by atoms with E-state index >= 15 is 0 Å². The van der Waals surface area contributed by atoms with Crippen LogP contribution in [-0.2, 0) is 10.0 Å². The lowest BCUT2D eigenvalue weighted by Gasteiger charge is -2.12. The molecule has 0 radical (unpaired) electrons. The van der Waals surface area contributed by atoms with Gasteiger partial charge in [-0.2, -0.15) is 0 Å². The molecule has 1 fully saturated rings. The van der Waals surface area contributed by atoms with Crippen molar-refractivity contribution >= 4 is 33.1 Å². The Morgan fingerprint density at radius 3 is 2.75 bits per heavy atom. The summed E-state index contributed by atoms with van der Waals surface area (Å²) < 4.78 is 27.3. The van der Waals surface area contributed by atoms with Crippen molar-refractivity contribution in [1.82, 2.24) is 4.72 Å². The van der Waals surface area contributed by atoms with Crippen molar-refractivity contribution in [2.75, 3.05) is 5.88 Å². The summed E-state index contributed by atoms with van der Waals surface area (Å²) in [6, 6.07) is 6.42. The molecule has 0 aliphatic heterocycles. The molecule has 1 aromatic carbocycles. The maximum atomic E-state index is 12.3. The molecule has 1 saturated carbocycles. The number of aliphatic imine (C=N–C) groups is 1. The number of nitrogens with two attached hydrogens (primary N) is 1. The maximum absolute atomic E-state index is 12.3. The molecule has 0 heterocycles. The number of hydrogen-bond donors (Lipinski definition) is 2. The van der Waals surface area contributed by atoms with Gasteiger partial charge in [-0.1, -0.05) is 18.9 Å². The van der Waals surface area contributed by atoms with Crippen molar-refractivity contribution in [3.63, 3.8) is 0 Å². The molecule has 0 atom stereocenters. The fourth-order valence-electron chi connectivity index (χ4n) is 2.25. The van der Waals surface area contributed by atoms with Gasteiger partial charge in [-0.15, -0.1) is 11.6 Å². The van der Waals surface area contributed by atoms with Crippen LogP contribution in [0.1, 0.15) is 25.7 Å². The SMILES string of the molecule is NC(CCl)=Nc1cccc(S(=O)(=O)NC2CCCC2)c1. The number of halogens is 1. The van der Waals surface area contributed by atoms with Crippen LogP contribution in [0.4, 0.5) is 5.69 Å². The second-order valence-corrected chi connectivity index (χ2v) is 6.82. The van der Waals surface area contributed by atoms with Crippen molar-refractivity contribution in [2.45, 2.75) is 36.6 Å². The number of benzene rings is 1. The van der Waals surface area contributed by atoms with Crippen LogP contribution in [0.15, 0.2) is 34.2 Å². The molecule has 1 aromatic rings. The van der Waals surface area contributed by atoms with Gasteiger partial charge in [0.05, 0.1) is 16.5 Å². The number of nitrogens with one attached hydrogen (secondary N) is 1. The number of sulfonamides is 1. The van der Waals surface area contributed by atoms with Gasteiger partial charge >= 0.3 is 0 Å². The van der Waals surface area contributed by atoms with E-state index in [1.165, 1.54) is 6.07 Å². The number of hydrogen-bond acceptors (Lipinski definition) is 3. The molecule has 3 N–H and O–H groups in total. The van der Waals surface area contributed by atoms with Crippen LogP contribution in [0.3, 0.4) is 0 Å². The first-order valence-corrected chi connectivity index (χ1v) is 8.54. The summed E-state index contributed by atoms with van der Waals surface area (Å²) in [5, 5.41) is 0. The first-order chi connectivity index (χ1) is 9.51. The molecule has 7 heteroatoms. The van der Waals surface area contributed by atoms with E-state index in [9.17, 15) is 8.42 Å². The first kappa shape index (κ1) is 15.3. The van der Waals surface area contributed by atoms with E-state index < -0.39 is 10.0 Å². The van der Waals surface area contributed by atoms with Gasteiger partial charge in [-0.3, -0.25) is 0 Å². The first-order valence-electron chi connectivity index (χ1n) is 6.52. The van der Waals surface area contributed by atoms with Gasteiger partial charge in [-0.25, -0.2) is 18.1 Å². The molecule has 0 saturated heterocycles. The van der Waals surface area contributed by atoms with E-state index in [0.717, 1.165) is 25.7 Å². The largest absolute Gasteiger partial charge is 0.386 e. The van der Waals surface area contributed by atoms with Crippen LogP contribution in [0.25, 0.3) is 0 Å². The van der Waals surface area contributed by atoms with Crippen molar-refractivity contribution < 1.29 is 8.42 Å². The highest BCUT2D eigenvalue weighted by molar-refractivity contribution is 7.89. The van der Waals surface area contributed by atoms with E-state index in [-0.39, 0.29) is 22.7 Å². The van der Waals surface area contributed by atoms with Crippen LogP contribution in [0.5, 0.6) is 0 Å². The van der Waals surface area contributed by atoms with Crippen LogP contribution in [0, 0.1) is 0 Å². The average molecular weight is 316 g/mol. The Morgan fingerprint density at radius 2 is 2.10 bits per heavy atom. The molecular weight excluding hydrogens is 298 g/mol. The molecule has 1 aliphatic rings. The highest BCUT2D eigenvalue weighted by Crippen LogP contribution is 2.22. The lowest BCUT2D eigenvalue weighted by molar-refractivity contribution is 0.552. The molecule has 2 rings (SSSR count). The molecule has 0 amide bonds. The Labute approximate surface area is 124 Å². The summed E-state index contributed by atoms with van der Waals surface area (Å²) in [5.41, 5.74) is 6.03. The smallest absolute Gasteiger partial charge is 0.240 e. The predicted molar refractivity (Wildman–Crippen MR) is 81.0 cm³/mol. The minimum absolute atomic E-state index is 0.0417. The summed E-state index contributed by atoms with van der Waals surface area (Å²) in [4.78, 5) is 4.26. The van der Waals surface area contributed by atoms with Gasteiger partial charge < -0.3 is 5.73 Å². The van der Waals surface area contributed by atoms with Crippen molar-refractivity contribution in [3.8, 4) is 0 Å². The molecule has 0 bridgehead atoms. The fraction of sp³-hybridized carbons (Fsp3) is 0.462. The van der Waals surface area contributed by atoms with Gasteiger partial charge in [-0.05, 0) is 31.0 Å². The minimum atomic E-state index is -3.50. The average Bonchev–Trinajstić information content (AvgIpc) is 2.91. The Bertz CT molecular complexity index is 595. The quantitative estimate of drug-likeness (QED) is 0.496. The monoisotopic (exact) mass is 315 g/mol. The summed E-state index contributed by atoms with van der Waals surface area (Å²) in [5.74, 6) is 0.363. The molecule has 0 spiro atoms. The second-order valence-electron chi connectivity index (χ2n) is 4.84. The maximum Gasteiger partial charge on any atom is 0.240 e. The van der Waals surface area contributed by atoms with E-state index in [1.807, 2.05) is 0 Å². The van der Waals surface area contributed by atoms with E-state index in [2.05, 4.69) is 9.71 Å². The predicted octanol–water partition coefficient (Wildman–Crippen LogP) is 2.13. The highest BCUT2D eigenvalue weighted by atomic mass is 35.5. The third kappa shape index (κ3) is 3.94. The lowest BCUT2D eigenvalue weighted by atomic mass is 10.3. The normalized spacial score (nSPS) is 17.6. The zero-order valence-electron chi connectivity index (χ0n) is 11.0. The van der Waals surface area contributed by atoms with Crippen LogP contribution in [-0.4, -0.2) is 26.2 Å². The molecule has 1 aliphatic carbocycles. The molecule has 20 heavy (non-hydrogen) atoms. The van der Waals surface area contributed by atoms with Crippen molar-refractivity contribution in [3.05, 3.63) is 24.3 Å². The fourth-order valence-corrected chi connectivity index (χ4v) is 3.65. The Morgan fingerprint density at radius 1 is 1.40 bits per heavy atom. The van der Waals surface area contributed by atoms with Gasteiger partial charge in [0.2, 0.25) is 10.0 Å². The lowest BCUT2D eigenvalue weighted by Crippen LogP contribution is -2.32. The van der Waals surface area contributed by atoms with Crippen molar-refractivity contribution in [2.24, 2.45) is 10.7 Å². The van der Waals surface area contributed by atoms with Crippen LogP contribution >= 0.6 is 11.6 Å². The zero-order chi connectivity index (χ0) is 14.6. The van der Waals surface area contributed by atoms with Crippen molar-refractivity contribution in [1.29, 1.82) is 0 Å². The van der Waals surface area contributed by atoms with Crippen LogP contribution in [0.2, 0.25) is 0 Å². The number of rotatable bonds is 5. The Balaban J connectivity index is 2.21. The van der Waals surface area contributed by atoms with E-state index in [0.29, 0.717) is 5.69 Å². The number of alkyl halides is 1. The van der Waals surface area contributed by atoms with Gasteiger partial charge in [0.25, 0.3) is 0 Å². The zero-order valence-corrected chi connectivity index (χ0v) is 12.6. The van der Waals surface area contributed by atoms with E-state index in [4.69, 9.17) is 17.3 Å². The van der Waals surface area contributed by atoms with E-state index in [1.54, 1.807) is 18.2 Å². The summed E-state index contributed by atoms with van der Waals surface area (Å²) in [6.07, 6.45) is 3.94. The van der Waals surface area contributed by atoms with Gasteiger partial charge in [0.1, 0.15) is 5.84 Å². The standard InChI is InChI=1S/C13H18ClN3O2S/c14-9-13(15)16-11-6-3-7-12(8-11)20(18,19)17-10-4-1-2-5-10/h3,6-8,10,17H,1-2,4-5,9H2,(H2,15,16). The molecule has 0 aromatic heterocycles. The number of nitrogens with zero attached hydrogens (tertiary/aromatic N) is 1. The van der Waals surface area contributed by atoms with Gasteiger partial charge in [0, 0.05) is 6.04 Å². The highest BCUT2D eigenvalue weighted by Gasteiger charge is 2.22. The van der Waals surface area contributed by atoms with Crippen LogP contribution < -0.4 is 10.5 Å². The Hall–Kier alpha value is -1.11. The topological polar surface area (TPSA) is 84.5 Å². The number of amidine groups is 1. The molecule has 110 valence electrons. The molecular formula is C13H18ClN3O2S.